The highest BCUT2D eigenvalue weighted by Crippen LogP contribution is 2.43. The van der Waals surface area contributed by atoms with E-state index in [0.29, 0.717) is 18.9 Å². The topological polar surface area (TPSA) is 38.7 Å². The Balaban J connectivity index is 1.67. The van der Waals surface area contributed by atoms with Gasteiger partial charge in [-0.15, -0.1) is 0 Å². The second-order valence-electron chi connectivity index (χ2n) is 5.14. The Labute approximate surface area is 101 Å². The first-order valence-corrected chi connectivity index (χ1v) is 6.22. The third-order valence-electron chi connectivity index (χ3n) is 3.68. The molecule has 0 radical (unpaired) electrons. The van der Waals surface area contributed by atoms with Crippen molar-refractivity contribution < 1.29 is 14.6 Å². The minimum absolute atomic E-state index is 0.197. The van der Waals surface area contributed by atoms with Crippen molar-refractivity contribution in [1.82, 2.24) is 0 Å². The predicted molar refractivity (Wildman–Crippen MR) is 64.0 cm³/mol. The van der Waals surface area contributed by atoms with Crippen molar-refractivity contribution in [2.75, 3.05) is 7.11 Å². The summed E-state index contributed by atoms with van der Waals surface area (Å²) in [6, 6.07) is 7.82. The standard InChI is InChI=1S/C14H18O3/c1-16-13-8-14(15,9-13)10-2-4-11(5-3-10)17-12-6-7-12/h2-5,12-13,15H,6-9H2,1H3. The van der Waals surface area contributed by atoms with Gasteiger partial charge in [-0.1, -0.05) is 12.1 Å². The van der Waals surface area contributed by atoms with E-state index in [0.717, 1.165) is 11.3 Å². The molecule has 2 saturated carbocycles. The van der Waals surface area contributed by atoms with E-state index in [9.17, 15) is 5.11 Å². The van der Waals surface area contributed by atoms with Gasteiger partial charge in [0.05, 0.1) is 17.8 Å². The SMILES string of the molecule is COC1CC(O)(c2ccc(OC3CC3)cc2)C1. The third kappa shape index (κ3) is 2.17. The number of hydrogen-bond donors (Lipinski definition) is 1. The van der Waals surface area contributed by atoms with Gasteiger partial charge in [0.15, 0.2) is 0 Å². The fourth-order valence-corrected chi connectivity index (χ4v) is 2.32. The second kappa shape index (κ2) is 4.00. The summed E-state index contributed by atoms with van der Waals surface area (Å²) in [6.07, 6.45) is 4.33. The highest BCUT2D eigenvalue weighted by Gasteiger charge is 2.44. The van der Waals surface area contributed by atoms with Gasteiger partial charge in [0.1, 0.15) is 5.75 Å². The molecule has 0 heterocycles. The second-order valence-corrected chi connectivity index (χ2v) is 5.14. The first-order valence-electron chi connectivity index (χ1n) is 6.22. The van der Waals surface area contributed by atoms with Crippen molar-refractivity contribution in [2.24, 2.45) is 0 Å². The highest BCUT2D eigenvalue weighted by atomic mass is 16.5. The van der Waals surface area contributed by atoms with Gasteiger partial charge in [0, 0.05) is 20.0 Å². The van der Waals surface area contributed by atoms with Gasteiger partial charge in [-0.2, -0.15) is 0 Å². The maximum Gasteiger partial charge on any atom is 0.119 e. The minimum atomic E-state index is -0.696. The zero-order valence-electron chi connectivity index (χ0n) is 10.1. The summed E-state index contributed by atoms with van der Waals surface area (Å²) in [7, 11) is 1.69. The zero-order chi connectivity index (χ0) is 11.9. The lowest BCUT2D eigenvalue weighted by Gasteiger charge is -2.43. The number of aliphatic hydroxyl groups is 1. The summed E-state index contributed by atoms with van der Waals surface area (Å²) in [5.74, 6) is 0.905. The fourth-order valence-electron chi connectivity index (χ4n) is 2.32. The summed E-state index contributed by atoms with van der Waals surface area (Å²) < 4.78 is 10.9. The third-order valence-corrected chi connectivity index (χ3v) is 3.68. The fraction of sp³-hybridized carbons (Fsp3) is 0.571. The van der Waals surface area contributed by atoms with E-state index in [1.165, 1.54) is 12.8 Å². The Morgan fingerprint density at radius 3 is 2.29 bits per heavy atom. The maximum absolute atomic E-state index is 10.3. The van der Waals surface area contributed by atoms with Crippen LogP contribution in [0.25, 0.3) is 0 Å². The van der Waals surface area contributed by atoms with Crippen LogP contribution in [0.5, 0.6) is 5.75 Å². The summed E-state index contributed by atoms with van der Waals surface area (Å²) in [4.78, 5) is 0. The Morgan fingerprint density at radius 2 is 1.76 bits per heavy atom. The van der Waals surface area contributed by atoms with Gasteiger partial charge in [-0.25, -0.2) is 0 Å². The molecule has 0 amide bonds. The summed E-state index contributed by atoms with van der Waals surface area (Å²) in [5.41, 5.74) is 0.271. The molecule has 0 aromatic heterocycles. The monoisotopic (exact) mass is 234 g/mol. The van der Waals surface area contributed by atoms with Crippen LogP contribution in [-0.4, -0.2) is 24.4 Å². The van der Waals surface area contributed by atoms with Crippen LogP contribution >= 0.6 is 0 Å². The Morgan fingerprint density at radius 1 is 1.12 bits per heavy atom. The number of ether oxygens (including phenoxy) is 2. The molecule has 2 aliphatic carbocycles. The molecule has 92 valence electrons. The molecular formula is C14H18O3. The maximum atomic E-state index is 10.3. The average Bonchev–Trinajstić information content (AvgIpc) is 3.09. The molecular weight excluding hydrogens is 216 g/mol. The largest absolute Gasteiger partial charge is 0.490 e. The van der Waals surface area contributed by atoms with Crippen molar-refractivity contribution in [3.05, 3.63) is 29.8 Å². The predicted octanol–water partition coefficient (Wildman–Crippen LogP) is 2.22. The van der Waals surface area contributed by atoms with Gasteiger partial charge in [-0.05, 0) is 30.5 Å². The first-order chi connectivity index (χ1) is 8.19. The number of benzene rings is 1. The lowest BCUT2D eigenvalue weighted by Crippen LogP contribution is -2.45. The van der Waals surface area contributed by atoms with Crippen LogP contribution in [0.3, 0.4) is 0 Å². The van der Waals surface area contributed by atoms with Gasteiger partial charge in [0.2, 0.25) is 0 Å². The van der Waals surface area contributed by atoms with Crippen LogP contribution in [0.2, 0.25) is 0 Å². The van der Waals surface area contributed by atoms with Crippen LogP contribution in [0.15, 0.2) is 24.3 Å². The Bertz CT molecular complexity index is 388. The molecule has 1 aromatic carbocycles. The van der Waals surface area contributed by atoms with Crippen molar-refractivity contribution in [1.29, 1.82) is 0 Å². The van der Waals surface area contributed by atoms with Crippen molar-refractivity contribution in [3.8, 4) is 5.75 Å². The molecule has 0 spiro atoms. The summed E-state index contributed by atoms with van der Waals surface area (Å²) in [6.45, 7) is 0. The molecule has 3 rings (SSSR count). The molecule has 0 aliphatic heterocycles. The van der Waals surface area contributed by atoms with Crippen LogP contribution in [0.4, 0.5) is 0 Å². The Hall–Kier alpha value is -1.06. The van der Waals surface area contributed by atoms with E-state index in [4.69, 9.17) is 9.47 Å². The minimum Gasteiger partial charge on any atom is -0.490 e. The molecule has 0 unspecified atom stereocenters. The van der Waals surface area contributed by atoms with E-state index in [-0.39, 0.29) is 6.10 Å². The molecule has 0 saturated heterocycles. The quantitative estimate of drug-likeness (QED) is 0.868. The lowest BCUT2D eigenvalue weighted by atomic mass is 9.73. The van der Waals surface area contributed by atoms with Crippen LogP contribution in [0, 0.1) is 0 Å². The number of rotatable bonds is 4. The first kappa shape index (κ1) is 11.1. The van der Waals surface area contributed by atoms with E-state index >= 15 is 0 Å². The molecule has 17 heavy (non-hydrogen) atoms. The van der Waals surface area contributed by atoms with Crippen molar-refractivity contribution >= 4 is 0 Å². The Kier molecular flexibility index (Phi) is 2.60. The van der Waals surface area contributed by atoms with E-state index in [2.05, 4.69) is 0 Å². The van der Waals surface area contributed by atoms with Crippen molar-refractivity contribution in [3.63, 3.8) is 0 Å². The highest BCUT2D eigenvalue weighted by molar-refractivity contribution is 5.33. The van der Waals surface area contributed by atoms with Gasteiger partial charge >= 0.3 is 0 Å². The smallest absolute Gasteiger partial charge is 0.119 e. The molecule has 0 atom stereocenters. The number of hydrogen-bond acceptors (Lipinski definition) is 3. The molecule has 0 bridgehead atoms. The normalized spacial score (nSPS) is 32.0. The van der Waals surface area contributed by atoms with E-state index in [1.807, 2.05) is 24.3 Å². The van der Waals surface area contributed by atoms with Crippen molar-refractivity contribution in [2.45, 2.75) is 43.5 Å². The summed E-state index contributed by atoms with van der Waals surface area (Å²) in [5, 5.41) is 10.3. The van der Waals surface area contributed by atoms with E-state index in [1.54, 1.807) is 7.11 Å². The molecule has 1 N–H and O–H groups in total. The van der Waals surface area contributed by atoms with Crippen LogP contribution in [-0.2, 0) is 10.3 Å². The van der Waals surface area contributed by atoms with Crippen LogP contribution in [0.1, 0.15) is 31.2 Å². The molecule has 2 aliphatic rings. The summed E-state index contributed by atoms with van der Waals surface area (Å²) >= 11 is 0. The molecule has 1 aromatic rings. The zero-order valence-corrected chi connectivity index (χ0v) is 10.1. The average molecular weight is 234 g/mol. The van der Waals surface area contributed by atoms with Gasteiger partial charge in [0.25, 0.3) is 0 Å². The number of methoxy groups -OCH3 is 1. The molecule has 3 heteroatoms. The van der Waals surface area contributed by atoms with Gasteiger partial charge < -0.3 is 14.6 Å². The molecule has 3 nitrogen and oxygen atoms in total. The molecule has 2 fully saturated rings. The van der Waals surface area contributed by atoms with E-state index < -0.39 is 5.60 Å². The lowest BCUT2D eigenvalue weighted by molar-refractivity contribution is -0.133. The van der Waals surface area contributed by atoms with Gasteiger partial charge in [-0.3, -0.25) is 0 Å². The van der Waals surface area contributed by atoms with Crippen LogP contribution < -0.4 is 4.74 Å².